The number of rotatable bonds is 6. The fraction of sp³-hybridized carbons (Fsp3) is 0.778. The van der Waals surface area contributed by atoms with E-state index in [1.807, 2.05) is 11.3 Å². The summed E-state index contributed by atoms with van der Waals surface area (Å²) in [6.07, 6.45) is 6.99. The summed E-state index contributed by atoms with van der Waals surface area (Å²) in [7, 11) is 2.28. The number of nitrogens with one attached hydrogen (secondary N) is 1. The van der Waals surface area contributed by atoms with Crippen LogP contribution in [0.3, 0.4) is 0 Å². The second-order valence-electron chi connectivity index (χ2n) is 7.92. The lowest BCUT2D eigenvalue weighted by Crippen LogP contribution is -2.49. The Kier molecular flexibility index (Phi) is 5.87. The van der Waals surface area contributed by atoms with Gasteiger partial charge in [0.15, 0.2) is 0 Å². The van der Waals surface area contributed by atoms with E-state index in [0.29, 0.717) is 5.41 Å². The summed E-state index contributed by atoms with van der Waals surface area (Å²) >= 11 is 1.87. The summed E-state index contributed by atoms with van der Waals surface area (Å²) in [6.45, 7) is 10.3. The second-order valence-corrected chi connectivity index (χ2v) is 8.95. The first-order chi connectivity index (χ1) is 9.89. The van der Waals surface area contributed by atoms with Gasteiger partial charge in [0.25, 0.3) is 0 Å². The maximum Gasteiger partial charge on any atom is 0.0325 e. The Morgan fingerprint density at radius 1 is 1.24 bits per heavy atom. The van der Waals surface area contributed by atoms with Gasteiger partial charge in [-0.15, -0.1) is 11.3 Å². The summed E-state index contributed by atoms with van der Waals surface area (Å²) in [5.41, 5.74) is 0.689. The van der Waals surface area contributed by atoms with Gasteiger partial charge in [-0.05, 0) is 57.5 Å². The molecule has 0 radical (unpaired) electrons. The normalized spacial score (nSPS) is 19.1. The monoisotopic (exact) mass is 308 g/mol. The fourth-order valence-corrected chi connectivity index (χ4v) is 4.23. The van der Waals surface area contributed by atoms with Gasteiger partial charge < -0.3 is 10.2 Å². The van der Waals surface area contributed by atoms with E-state index >= 15 is 0 Å². The molecular weight excluding hydrogens is 276 g/mol. The Morgan fingerprint density at radius 2 is 1.95 bits per heavy atom. The lowest BCUT2D eigenvalue weighted by atomic mass is 9.73. The van der Waals surface area contributed by atoms with E-state index in [0.717, 1.165) is 13.1 Å². The van der Waals surface area contributed by atoms with Gasteiger partial charge in [0, 0.05) is 30.1 Å². The van der Waals surface area contributed by atoms with E-state index in [4.69, 9.17) is 0 Å². The lowest BCUT2D eigenvalue weighted by molar-refractivity contribution is 0.106. The third-order valence-corrected chi connectivity index (χ3v) is 5.38. The molecule has 0 atom stereocenters. The molecule has 3 heteroatoms. The Morgan fingerprint density at radius 3 is 2.52 bits per heavy atom. The molecule has 1 saturated carbocycles. The van der Waals surface area contributed by atoms with Gasteiger partial charge in [0.1, 0.15) is 0 Å². The predicted molar refractivity (Wildman–Crippen MR) is 93.9 cm³/mol. The Balaban J connectivity index is 1.94. The number of nitrogens with zero attached hydrogens (tertiary/aromatic N) is 1. The van der Waals surface area contributed by atoms with E-state index < -0.39 is 0 Å². The summed E-state index contributed by atoms with van der Waals surface area (Å²) < 4.78 is 0. The van der Waals surface area contributed by atoms with Gasteiger partial charge in [-0.3, -0.25) is 0 Å². The van der Waals surface area contributed by atoms with Crippen molar-refractivity contribution in [3.8, 4) is 0 Å². The molecule has 120 valence electrons. The molecule has 1 aromatic rings. The van der Waals surface area contributed by atoms with Crippen molar-refractivity contribution in [2.24, 2.45) is 5.41 Å². The SMILES string of the molecule is CN(Cc1cccs1)CC1(CNC(C)(C)C)CCCCC1. The first-order valence-electron chi connectivity index (χ1n) is 8.35. The number of hydrogen-bond donors (Lipinski definition) is 1. The minimum Gasteiger partial charge on any atom is -0.311 e. The zero-order valence-electron chi connectivity index (χ0n) is 14.2. The zero-order valence-corrected chi connectivity index (χ0v) is 15.1. The van der Waals surface area contributed by atoms with Crippen molar-refractivity contribution in [3.05, 3.63) is 22.4 Å². The summed E-state index contributed by atoms with van der Waals surface area (Å²) in [5.74, 6) is 0. The highest BCUT2D eigenvalue weighted by atomic mass is 32.1. The maximum atomic E-state index is 3.77. The van der Waals surface area contributed by atoms with Crippen LogP contribution in [-0.4, -0.2) is 30.6 Å². The van der Waals surface area contributed by atoms with Crippen LogP contribution in [-0.2, 0) is 6.54 Å². The summed E-state index contributed by atoms with van der Waals surface area (Å²) in [5, 5.41) is 5.95. The van der Waals surface area contributed by atoms with Crippen LogP contribution in [0.25, 0.3) is 0 Å². The summed E-state index contributed by atoms with van der Waals surface area (Å²) in [4.78, 5) is 4.01. The molecule has 1 aromatic heterocycles. The molecule has 21 heavy (non-hydrogen) atoms. The van der Waals surface area contributed by atoms with Gasteiger partial charge >= 0.3 is 0 Å². The van der Waals surface area contributed by atoms with Gasteiger partial charge in [-0.25, -0.2) is 0 Å². The molecule has 1 N–H and O–H groups in total. The van der Waals surface area contributed by atoms with Crippen molar-refractivity contribution >= 4 is 11.3 Å². The molecule has 0 saturated heterocycles. The van der Waals surface area contributed by atoms with Crippen LogP contribution in [0.4, 0.5) is 0 Å². The van der Waals surface area contributed by atoms with E-state index in [1.165, 1.54) is 43.5 Å². The highest BCUT2D eigenvalue weighted by Gasteiger charge is 2.34. The van der Waals surface area contributed by atoms with Crippen LogP contribution >= 0.6 is 11.3 Å². The highest BCUT2D eigenvalue weighted by molar-refractivity contribution is 7.09. The Hall–Kier alpha value is -0.380. The second kappa shape index (κ2) is 7.26. The molecular formula is C18H32N2S. The van der Waals surface area contributed by atoms with E-state index in [2.05, 4.69) is 55.5 Å². The molecule has 0 spiro atoms. The van der Waals surface area contributed by atoms with Gasteiger partial charge in [0.2, 0.25) is 0 Å². The quantitative estimate of drug-likeness (QED) is 0.831. The molecule has 1 fully saturated rings. The van der Waals surface area contributed by atoms with Gasteiger partial charge in [-0.2, -0.15) is 0 Å². The van der Waals surface area contributed by atoms with Crippen LogP contribution in [0.15, 0.2) is 17.5 Å². The van der Waals surface area contributed by atoms with Crippen LogP contribution in [0.2, 0.25) is 0 Å². The smallest absolute Gasteiger partial charge is 0.0325 e. The van der Waals surface area contributed by atoms with Crippen molar-refractivity contribution in [1.29, 1.82) is 0 Å². The molecule has 2 rings (SSSR count). The molecule has 2 nitrogen and oxygen atoms in total. The van der Waals surface area contributed by atoms with Crippen LogP contribution in [0, 0.1) is 5.41 Å². The standard InChI is InChI=1S/C18H32N2S/c1-17(2,3)19-14-18(10-6-5-7-11-18)15-20(4)13-16-9-8-12-21-16/h8-9,12,19H,5-7,10-11,13-15H2,1-4H3. The third kappa shape index (κ3) is 5.72. The third-order valence-electron chi connectivity index (χ3n) is 4.52. The van der Waals surface area contributed by atoms with Crippen molar-refractivity contribution in [2.75, 3.05) is 20.1 Å². The van der Waals surface area contributed by atoms with Gasteiger partial charge in [0.05, 0.1) is 0 Å². The van der Waals surface area contributed by atoms with Crippen molar-refractivity contribution in [1.82, 2.24) is 10.2 Å². The average Bonchev–Trinajstić information content (AvgIpc) is 2.89. The van der Waals surface area contributed by atoms with E-state index in [-0.39, 0.29) is 5.54 Å². The molecule has 0 unspecified atom stereocenters. The minimum absolute atomic E-state index is 0.219. The lowest BCUT2D eigenvalue weighted by Gasteiger charge is -2.42. The first kappa shape index (κ1) is 17.0. The van der Waals surface area contributed by atoms with Crippen molar-refractivity contribution < 1.29 is 0 Å². The fourth-order valence-electron chi connectivity index (χ4n) is 3.44. The van der Waals surface area contributed by atoms with E-state index in [9.17, 15) is 0 Å². The topological polar surface area (TPSA) is 15.3 Å². The Labute approximate surface area is 134 Å². The first-order valence-corrected chi connectivity index (χ1v) is 9.23. The molecule has 1 heterocycles. The number of thiophene rings is 1. The molecule has 1 aliphatic carbocycles. The Bertz CT molecular complexity index is 399. The molecule has 1 aliphatic rings. The molecule has 0 aliphatic heterocycles. The minimum atomic E-state index is 0.219. The van der Waals surface area contributed by atoms with Crippen LogP contribution < -0.4 is 5.32 Å². The molecule has 0 bridgehead atoms. The maximum absolute atomic E-state index is 3.77. The highest BCUT2D eigenvalue weighted by Crippen LogP contribution is 2.37. The predicted octanol–water partition coefficient (Wildman–Crippen LogP) is 4.52. The van der Waals surface area contributed by atoms with Crippen molar-refractivity contribution in [3.63, 3.8) is 0 Å². The average molecular weight is 309 g/mol. The molecule has 0 amide bonds. The summed E-state index contributed by atoms with van der Waals surface area (Å²) in [6, 6.07) is 4.41. The van der Waals surface area contributed by atoms with E-state index in [1.54, 1.807) is 0 Å². The van der Waals surface area contributed by atoms with Gasteiger partial charge in [-0.1, -0.05) is 25.3 Å². The zero-order chi connectivity index (χ0) is 15.3. The molecule has 0 aromatic carbocycles. The number of hydrogen-bond acceptors (Lipinski definition) is 3. The largest absolute Gasteiger partial charge is 0.311 e. The van der Waals surface area contributed by atoms with Crippen LogP contribution in [0.1, 0.15) is 57.8 Å². The van der Waals surface area contributed by atoms with Crippen LogP contribution in [0.5, 0.6) is 0 Å². The van der Waals surface area contributed by atoms with Crippen molar-refractivity contribution in [2.45, 2.75) is 65.0 Å².